The average molecular weight is 290 g/mol. The third-order valence-electron chi connectivity index (χ3n) is 2.30. The Morgan fingerprint density at radius 3 is 2.73 bits per heavy atom. The molecule has 0 saturated carbocycles. The minimum atomic E-state index is -0.0698. The Bertz CT molecular complexity index is 329. The molecule has 15 heavy (non-hydrogen) atoms. The molecule has 1 N–H and O–H groups in total. The van der Waals surface area contributed by atoms with E-state index in [0.29, 0.717) is 6.54 Å². The van der Waals surface area contributed by atoms with Gasteiger partial charge in [0.15, 0.2) is 0 Å². The number of carbonyl (C=O) groups excluding carboxylic acids is 1. The van der Waals surface area contributed by atoms with Crippen molar-refractivity contribution in [1.29, 1.82) is 0 Å². The van der Waals surface area contributed by atoms with E-state index < -0.39 is 0 Å². The summed E-state index contributed by atoms with van der Waals surface area (Å²) in [6.45, 7) is 6.82. The molecule has 0 fully saturated rings. The molecule has 2 nitrogen and oxygen atoms in total. The number of halogens is 1. The minimum Gasteiger partial charge on any atom is -0.350 e. The molecule has 0 aliphatic carbocycles. The van der Waals surface area contributed by atoms with Gasteiger partial charge in [-0.3, -0.25) is 4.79 Å². The van der Waals surface area contributed by atoms with Gasteiger partial charge in [-0.05, 0) is 31.9 Å². The molecule has 1 atom stereocenters. The summed E-state index contributed by atoms with van der Waals surface area (Å²) in [6, 6.07) is 2.13. The van der Waals surface area contributed by atoms with E-state index in [0.717, 1.165) is 6.42 Å². The highest BCUT2D eigenvalue weighted by molar-refractivity contribution is 9.10. The van der Waals surface area contributed by atoms with Crippen molar-refractivity contribution in [1.82, 2.24) is 5.32 Å². The summed E-state index contributed by atoms with van der Waals surface area (Å²) in [6.07, 6.45) is 0.814. The lowest BCUT2D eigenvalue weighted by atomic mass is 10.3. The lowest BCUT2D eigenvalue weighted by molar-refractivity contribution is -0.120. The van der Waals surface area contributed by atoms with Crippen molar-refractivity contribution in [2.45, 2.75) is 38.6 Å². The Kier molecular flexibility index (Phi) is 4.80. The maximum absolute atomic E-state index is 11.5. The van der Waals surface area contributed by atoms with Gasteiger partial charge in [0, 0.05) is 9.75 Å². The van der Waals surface area contributed by atoms with Gasteiger partial charge in [-0.1, -0.05) is 22.9 Å². The summed E-state index contributed by atoms with van der Waals surface area (Å²) in [7, 11) is 0. The van der Waals surface area contributed by atoms with E-state index >= 15 is 0 Å². The van der Waals surface area contributed by atoms with Crippen LogP contribution >= 0.6 is 27.3 Å². The maximum atomic E-state index is 11.5. The summed E-state index contributed by atoms with van der Waals surface area (Å²) >= 11 is 5.07. The Labute approximate surface area is 103 Å². The molecule has 84 valence electrons. The molecule has 0 aliphatic rings. The monoisotopic (exact) mass is 289 g/mol. The number of hydrogen-bond donors (Lipinski definition) is 1. The van der Waals surface area contributed by atoms with Crippen molar-refractivity contribution >= 4 is 33.2 Å². The molecular formula is C11H16BrNOS. The number of amides is 1. The van der Waals surface area contributed by atoms with Gasteiger partial charge in [0.25, 0.3) is 0 Å². The van der Waals surface area contributed by atoms with Crippen LogP contribution in [0.25, 0.3) is 0 Å². The van der Waals surface area contributed by atoms with Crippen LogP contribution in [0.4, 0.5) is 0 Å². The lowest BCUT2D eigenvalue weighted by Crippen LogP contribution is -2.29. The fourth-order valence-electron chi connectivity index (χ4n) is 1.21. The lowest BCUT2D eigenvalue weighted by Gasteiger charge is -2.07. The Morgan fingerprint density at radius 2 is 2.27 bits per heavy atom. The van der Waals surface area contributed by atoms with Crippen LogP contribution in [0.3, 0.4) is 0 Å². The quantitative estimate of drug-likeness (QED) is 0.848. The molecule has 0 aliphatic heterocycles. The third-order valence-corrected chi connectivity index (χ3v) is 4.51. The van der Waals surface area contributed by atoms with Crippen LogP contribution in [0.1, 0.15) is 28.7 Å². The van der Waals surface area contributed by atoms with Crippen LogP contribution in [0, 0.1) is 13.8 Å². The molecule has 1 amide bonds. The Morgan fingerprint density at radius 1 is 1.60 bits per heavy atom. The van der Waals surface area contributed by atoms with Crippen LogP contribution in [0.2, 0.25) is 0 Å². The van der Waals surface area contributed by atoms with E-state index in [4.69, 9.17) is 0 Å². The SMILES string of the molecule is CCC(Br)C(=O)NCc1cc(C)c(C)s1. The van der Waals surface area contributed by atoms with Crippen LogP contribution in [-0.4, -0.2) is 10.7 Å². The molecule has 1 rings (SSSR count). The van der Waals surface area contributed by atoms with E-state index in [-0.39, 0.29) is 10.7 Å². The predicted octanol–water partition coefficient (Wildman–Crippen LogP) is 3.15. The zero-order valence-corrected chi connectivity index (χ0v) is 11.7. The van der Waals surface area contributed by atoms with Gasteiger partial charge < -0.3 is 5.32 Å². The van der Waals surface area contributed by atoms with Crippen molar-refractivity contribution in [3.63, 3.8) is 0 Å². The first-order valence-electron chi connectivity index (χ1n) is 5.02. The minimum absolute atomic E-state index is 0.0698. The molecule has 1 aromatic heterocycles. The second kappa shape index (κ2) is 5.66. The molecule has 0 spiro atoms. The van der Waals surface area contributed by atoms with Gasteiger partial charge in [-0.2, -0.15) is 0 Å². The first-order valence-corrected chi connectivity index (χ1v) is 6.75. The molecule has 0 radical (unpaired) electrons. The van der Waals surface area contributed by atoms with Gasteiger partial charge in [0.2, 0.25) is 5.91 Å². The average Bonchev–Trinajstić information content (AvgIpc) is 2.54. The van der Waals surface area contributed by atoms with E-state index in [1.807, 2.05) is 6.92 Å². The van der Waals surface area contributed by atoms with Crippen LogP contribution < -0.4 is 5.32 Å². The molecule has 1 aromatic rings. The van der Waals surface area contributed by atoms with Crippen LogP contribution in [0.15, 0.2) is 6.07 Å². The normalized spacial score (nSPS) is 12.5. The van der Waals surface area contributed by atoms with Gasteiger partial charge in [-0.15, -0.1) is 11.3 Å². The number of carbonyl (C=O) groups is 1. The van der Waals surface area contributed by atoms with E-state index in [2.05, 4.69) is 41.2 Å². The highest BCUT2D eigenvalue weighted by Gasteiger charge is 2.11. The number of rotatable bonds is 4. The van der Waals surface area contributed by atoms with Crippen molar-refractivity contribution in [3.8, 4) is 0 Å². The second-order valence-corrected chi connectivity index (χ2v) is 5.99. The summed E-state index contributed by atoms with van der Waals surface area (Å²) < 4.78 is 0. The first kappa shape index (κ1) is 12.7. The van der Waals surface area contributed by atoms with Crippen molar-refractivity contribution in [2.75, 3.05) is 0 Å². The third kappa shape index (κ3) is 3.61. The summed E-state index contributed by atoms with van der Waals surface area (Å²) in [5.74, 6) is 0.0706. The highest BCUT2D eigenvalue weighted by Crippen LogP contribution is 2.20. The van der Waals surface area contributed by atoms with Gasteiger partial charge in [-0.25, -0.2) is 0 Å². The second-order valence-electron chi connectivity index (χ2n) is 3.55. The van der Waals surface area contributed by atoms with Gasteiger partial charge >= 0.3 is 0 Å². The molecule has 1 unspecified atom stereocenters. The molecule has 0 bridgehead atoms. The van der Waals surface area contributed by atoms with Gasteiger partial charge in [0.1, 0.15) is 0 Å². The molecule has 4 heteroatoms. The number of aryl methyl sites for hydroxylation is 2. The largest absolute Gasteiger partial charge is 0.350 e. The van der Waals surface area contributed by atoms with Gasteiger partial charge in [0.05, 0.1) is 11.4 Å². The zero-order chi connectivity index (χ0) is 11.4. The summed E-state index contributed by atoms with van der Waals surface area (Å²) in [5.41, 5.74) is 1.30. The zero-order valence-electron chi connectivity index (χ0n) is 9.26. The van der Waals surface area contributed by atoms with E-state index in [9.17, 15) is 4.79 Å². The standard InChI is InChI=1S/C11H16BrNOS/c1-4-10(12)11(14)13-6-9-5-7(2)8(3)15-9/h5,10H,4,6H2,1-3H3,(H,13,14). The van der Waals surface area contributed by atoms with Crippen molar-refractivity contribution in [2.24, 2.45) is 0 Å². The highest BCUT2D eigenvalue weighted by atomic mass is 79.9. The summed E-state index contributed by atoms with van der Waals surface area (Å²) in [4.78, 5) is 14.0. The number of alkyl halides is 1. The topological polar surface area (TPSA) is 29.1 Å². The summed E-state index contributed by atoms with van der Waals surface area (Å²) in [5, 5.41) is 2.91. The molecule has 0 aromatic carbocycles. The number of hydrogen-bond acceptors (Lipinski definition) is 2. The fraction of sp³-hybridized carbons (Fsp3) is 0.545. The van der Waals surface area contributed by atoms with Crippen LogP contribution in [0.5, 0.6) is 0 Å². The van der Waals surface area contributed by atoms with Crippen molar-refractivity contribution in [3.05, 3.63) is 21.4 Å². The fourth-order valence-corrected chi connectivity index (χ4v) is 2.36. The molecule has 0 saturated heterocycles. The van der Waals surface area contributed by atoms with E-state index in [1.54, 1.807) is 11.3 Å². The maximum Gasteiger partial charge on any atom is 0.234 e. The van der Waals surface area contributed by atoms with Crippen LogP contribution in [-0.2, 0) is 11.3 Å². The Hall–Kier alpha value is -0.350. The Balaban J connectivity index is 2.47. The number of thiophene rings is 1. The molecule has 1 heterocycles. The molecular weight excluding hydrogens is 274 g/mol. The predicted molar refractivity (Wildman–Crippen MR) is 68.6 cm³/mol. The van der Waals surface area contributed by atoms with Crippen molar-refractivity contribution < 1.29 is 4.79 Å². The smallest absolute Gasteiger partial charge is 0.234 e. The van der Waals surface area contributed by atoms with E-state index in [1.165, 1.54) is 15.3 Å². The number of nitrogens with one attached hydrogen (secondary N) is 1. The first-order chi connectivity index (χ1) is 7.04.